The lowest BCUT2D eigenvalue weighted by Gasteiger charge is -2.24. The Morgan fingerprint density at radius 2 is 2.39 bits per heavy atom. The van der Waals surface area contributed by atoms with Crippen molar-refractivity contribution in [3.05, 3.63) is 40.2 Å². The van der Waals surface area contributed by atoms with Crippen molar-refractivity contribution in [3.63, 3.8) is 0 Å². The molecule has 2 heterocycles. The molecule has 1 amide bonds. The van der Waals surface area contributed by atoms with Crippen LogP contribution in [-0.4, -0.2) is 36.8 Å². The van der Waals surface area contributed by atoms with Crippen LogP contribution in [0.2, 0.25) is 0 Å². The standard InChI is InChI=1S/C17H20N2O3S/c1-12-19-15(10-23-12)14-5-3-4-13(8-14)9-18-16(20)17(21-2)6-7-22-11-17/h3-5,8,10H,6-7,9,11H2,1-2H3,(H,18,20). The number of aromatic nitrogens is 1. The van der Waals surface area contributed by atoms with Crippen molar-refractivity contribution in [1.29, 1.82) is 0 Å². The number of nitrogens with zero attached hydrogens (tertiary/aromatic N) is 1. The van der Waals surface area contributed by atoms with Gasteiger partial charge in [0.15, 0.2) is 5.60 Å². The van der Waals surface area contributed by atoms with Crippen LogP contribution >= 0.6 is 11.3 Å². The van der Waals surface area contributed by atoms with Crippen LogP contribution < -0.4 is 5.32 Å². The highest BCUT2D eigenvalue weighted by Crippen LogP contribution is 2.24. The molecule has 0 radical (unpaired) electrons. The number of hydrogen-bond acceptors (Lipinski definition) is 5. The van der Waals surface area contributed by atoms with E-state index in [-0.39, 0.29) is 5.91 Å². The van der Waals surface area contributed by atoms with E-state index in [1.165, 1.54) is 0 Å². The normalized spacial score (nSPS) is 20.6. The van der Waals surface area contributed by atoms with Gasteiger partial charge < -0.3 is 14.8 Å². The van der Waals surface area contributed by atoms with Gasteiger partial charge in [0, 0.05) is 31.0 Å². The second-order valence-corrected chi connectivity index (χ2v) is 6.70. The van der Waals surface area contributed by atoms with Crippen LogP contribution in [0.4, 0.5) is 0 Å². The number of benzene rings is 1. The van der Waals surface area contributed by atoms with Gasteiger partial charge in [0.1, 0.15) is 0 Å². The number of methoxy groups -OCH3 is 1. The fraction of sp³-hybridized carbons (Fsp3) is 0.412. The first kappa shape index (κ1) is 16.1. The van der Waals surface area contributed by atoms with Crippen LogP contribution in [0.3, 0.4) is 0 Å². The van der Waals surface area contributed by atoms with Crippen molar-refractivity contribution >= 4 is 17.2 Å². The van der Waals surface area contributed by atoms with Gasteiger partial charge in [-0.3, -0.25) is 4.79 Å². The molecule has 0 bridgehead atoms. The van der Waals surface area contributed by atoms with E-state index in [4.69, 9.17) is 9.47 Å². The van der Waals surface area contributed by atoms with Gasteiger partial charge in [0.05, 0.1) is 23.9 Å². The van der Waals surface area contributed by atoms with Crippen molar-refractivity contribution in [2.45, 2.75) is 25.5 Å². The minimum atomic E-state index is -0.844. The van der Waals surface area contributed by atoms with E-state index in [2.05, 4.69) is 16.4 Å². The summed E-state index contributed by atoms with van der Waals surface area (Å²) >= 11 is 1.63. The Labute approximate surface area is 139 Å². The summed E-state index contributed by atoms with van der Waals surface area (Å²) in [5, 5.41) is 6.04. The van der Waals surface area contributed by atoms with Gasteiger partial charge >= 0.3 is 0 Å². The highest BCUT2D eigenvalue weighted by atomic mass is 32.1. The van der Waals surface area contributed by atoms with E-state index in [0.717, 1.165) is 21.8 Å². The highest BCUT2D eigenvalue weighted by molar-refractivity contribution is 7.09. The van der Waals surface area contributed by atoms with Crippen LogP contribution in [0.1, 0.15) is 17.0 Å². The maximum Gasteiger partial charge on any atom is 0.255 e. The molecule has 1 atom stereocenters. The summed E-state index contributed by atoms with van der Waals surface area (Å²) in [4.78, 5) is 16.9. The van der Waals surface area contributed by atoms with Gasteiger partial charge in [-0.1, -0.05) is 18.2 Å². The van der Waals surface area contributed by atoms with Crippen LogP contribution in [0, 0.1) is 6.92 Å². The number of hydrogen-bond donors (Lipinski definition) is 1. The van der Waals surface area contributed by atoms with Gasteiger partial charge in [-0.05, 0) is 18.6 Å². The van der Waals surface area contributed by atoms with Gasteiger partial charge in [-0.25, -0.2) is 4.98 Å². The molecule has 1 aliphatic heterocycles. The monoisotopic (exact) mass is 332 g/mol. The lowest BCUT2D eigenvalue weighted by molar-refractivity contribution is -0.143. The minimum Gasteiger partial charge on any atom is -0.378 e. The predicted molar refractivity (Wildman–Crippen MR) is 89.3 cm³/mol. The lowest BCUT2D eigenvalue weighted by atomic mass is 10.0. The summed E-state index contributed by atoms with van der Waals surface area (Å²) in [7, 11) is 1.56. The second kappa shape index (κ2) is 6.78. The molecule has 3 rings (SSSR count). The Morgan fingerprint density at radius 1 is 1.52 bits per heavy atom. The maximum absolute atomic E-state index is 12.4. The maximum atomic E-state index is 12.4. The molecule has 2 aromatic rings. The molecule has 0 saturated carbocycles. The number of carbonyl (C=O) groups is 1. The third-order valence-corrected chi connectivity index (χ3v) is 4.86. The second-order valence-electron chi connectivity index (χ2n) is 5.64. The Bertz CT molecular complexity index is 693. The van der Waals surface area contributed by atoms with Crippen LogP contribution in [-0.2, 0) is 20.8 Å². The molecule has 0 aliphatic carbocycles. The van der Waals surface area contributed by atoms with Gasteiger partial charge in [-0.2, -0.15) is 0 Å². The largest absolute Gasteiger partial charge is 0.378 e. The molecular formula is C17H20N2O3S. The quantitative estimate of drug-likeness (QED) is 0.914. The zero-order chi connectivity index (χ0) is 16.3. The Balaban J connectivity index is 1.68. The van der Waals surface area contributed by atoms with Crippen molar-refractivity contribution in [2.24, 2.45) is 0 Å². The number of carbonyl (C=O) groups excluding carboxylic acids is 1. The molecule has 5 nitrogen and oxygen atoms in total. The summed E-state index contributed by atoms with van der Waals surface area (Å²) < 4.78 is 10.7. The minimum absolute atomic E-state index is 0.118. The third-order valence-electron chi connectivity index (χ3n) is 4.08. The zero-order valence-electron chi connectivity index (χ0n) is 13.3. The number of thiazole rings is 1. The Morgan fingerprint density at radius 3 is 3.04 bits per heavy atom. The van der Waals surface area contributed by atoms with Gasteiger partial charge in [0.2, 0.25) is 0 Å². The lowest BCUT2D eigenvalue weighted by Crippen LogP contribution is -2.48. The number of aryl methyl sites for hydroxylation is 1. The number of ether oxygens (including phenoxy) is 2. The molecule has 1 fully saturated rings. The molecule has 122 valence electrons. The van der Waals surface area contributed by atoms with Crippen molar-refractivity contribution in [2.75, 3.05) is 20.3 Å². The first-order valence-electron chi connectivity index (χ1n) is 7.56. The Kier molecular flexibility index (Phi) is 4.75. The molecule has 0 spiro atoms. The number of nitrogens with one attached hydrogen (secondary N) is 1. The fourth-order valence-electron chi connectivity index (χ4n) is 2.66. The molecule has 1 saturated heterocycles. The fourth-order valence-corrected chi connectivity index (χ4v) is 3.28. The van der Waals surface area contributed by atoms with Crippen molar-refractivity contribution < 1.29 is 14.3 Å². The van der Waals surface area contributed by atoms with E-state index >= 15 is 0 Å². The topological polar surface area (TPSA) is 60.5 Å². The van der Waals surface area contributed by atoms with Gasteiger partial charge in [0.25, 0.3) is 5.91 Å². The van der Waals surface area contributed by atoms with Crippen LogP contribution in [0.25, 0.3) is 11.3 Å². The molecule has 1 N–H and O–H groups in total. The summed E-state index contributed by atoms with van der Waals surface area (Å²) in [6, 6.07) is 8.06. The molecule has 1 aromatic carbocycles. The average Bonchev–Trinajstić information content (AvgIpc) is 3.22. The predicted octanol–water partition coefficient (Wildman–Crippen LogP) is 2.54. The summed E-state index contributed by atoms with van der Waals surface area (Å²) in [5.74, 6) is -0.118. The SMILES string of the molecule is COC1(C(=O)NCc2cccc(-c3csc(C)n3)c2)CCOC1. The van der Waals surface area contributed by atoms with Crippen LogP contribution in [0.5, 0.6) is 0 Å². The zero-order valence-corrected chi connectivity index (χ0v) is 14.1. The number of amides is 1. The van der Waals surface area contributed by atoms with E-state index < -0.39 is 5.60 Å². The molecule has 1 aliphatic rings. The molecule has 23 heavy (non-hydrogen) atoms. The smallest absolute Gasteiger partial charge is 0.255 e. The summed E-state index contributed by atoms with van der Waals surface area (Å²) in [5.41, 5.74) is 2.22. The van der Waals surface area contributed by atoms with E-state index in [0.29, 0.717) is 26.2 Å². The Hall–Kier alpha value is -1.76. The first-order chi connectivity index (χ1) is 11.1. The highest BCUT2D eigenvalue weighted by Gasteiger charge is 2.42. The van der Waals surface area contributed by atoms with Crippen molar-refractivity contribution in [3.8, 4) is 11.3 Å². The third kappa shape index (κ3) is 3.44. The van der Waals surface area contributed by atoms with E-state index in [1.807, 2.05) is 30.5 Å². The van der Waals surface area contributed by atoms with E-state index in [1.54, 1.807) is 18.4 Å². The van der Waals surface area contributed by atoms with Gasteiger partial charge in [-0.15, -0.1) is 11.3 Å². The average molecular weight is 332 g/mol. The molecular weight excluding hydrogens is 312 g/mol. The summed E-state index contributed by atoms with van der Waals surface area (Å²) in [6.07, 6.45) is 0.591. The van der Waals surface area contributed by atoms with E-state index in [9.17, 15) is 4.79 Å². The molecule has 6 heteroatoms. The number of rotatable bonds is 5. The van der Waals surface area contributed by atoms with Crippen LogP contribution in [0.15, 0.2) is 29.6 Å². The summed E-state index contributed by atoms with van der Waals surface area (Å²) in [6.45, 7) is 3.32. The molecule has 1 aromatic heterocycles. The molecule has 1 unspecified atom stereocenters. The van der Waals surface area contributed by atoms with Crippen molar-refractivity contribution in [1.82, 2.24) is 10.3 Å². The first-order valence-corrected chi connectivity index (χ1v) is 8.43.